The molecule has 1 N–H and O–H groups in total. The van der Waals surface area contributed by atoms with Crippen LogP contribution in [0, 0.1) is 5.92 Å². The van der Waals surface area contributed by atoms with Crippen molar-refractivity contribution in [2.45, 2.75) is 43.5 Å². The van der Waals surface area contributed by atoms with Crippen LogP contribution >= 0.6 is 11.8 Å². The fourth-order valence-electron chi connectivity index (χ4n) is 2.66. The van der Waals surface area contributed by atoms with Gasteiger partial charge in [0.15, 0.2) is 0 Å². The molecule has 0 aliphatic carbocycles. The maximum Gasteiger partial charge on any atom is 0.264 e. The predicted octanol–water partition coefficient (Wildman–Crippen LogP) is 4.16. The summed E-state index contributed by atoms with van der Waals surface area (Å²) in [4.78, 5) is 13.7. The average molecular weight is 451 g/mol. The van der Waals surface area contributed by atoms with Gasteiger partial charge in [-0.3, -0.25) is 9.10 Å². The molecule has 2 aromatic carbocycles. The maximum absolute atomic E-state index is 13.4. The van der Waals surface area contributed by atoms with Crippen molar-refractivity contribution in [3.8, 4) is 5.75 Å². The van der Waals surface area contributed by atoms with Gasteiger partial charge in [-0.05, 0) is 74.6 Å². The molecule has 0 saturated heterocycles. The summed E-state index contributed by atoms with van der Waals surface area (Å²) >= 11 is 1.53. The van der Waals surface area contributed by atoms with Crippen molar-refractivity contribution in [1.29, 1.82) is 0 Å². The van der Waals surface area contributed by atoms with Crippen LogP contribution in [0.5, 0.6) is 5.75 Å². The number of ether oxygens (including phenoxy) is 1. The Balaban J connectivity index is 2.39. The van der Waals surface area contributed by atoms with Crippen molar-refractivity contribution in [2.24, 2.45) is 5.92 Å². The van der Waals surface area contributed by atoms with Crippen LogP contribution < -0.4 is 14.4 Å². The van der Waals surface area contributed by atoms with Crippen molar-refractivity contribution in [2.75, 3.05) is 23.7 Å². The van der Waals surface area contributed by atoms with Gasteiger partial charge in [-0.25, -0.2) is 8.42 Å². The lowest BCUT2D eigenvalue weighted by Gasteiger charge is -2.26. The molecule has 0 aromatic heterocycles. The first kappa shape index (κ1) is 24.1. The van der Waals surface area contributed by atoms with Crippen LogP contribution in [0.15, 0.2) is 58.3 Å². The lowest BCUT2D eigenvalue weighted by Crippen LogP contribution is -2.45. The van der Waals surface area contributed by atoms with E-state index in [0.717, 1.165) is 9.20 Å². The van der Waals surface area contributed by atoms with E-state index in [0.29, 0.717) is 18.0 Å². The molecular weight excluding hydrogens is 420 g/mol. The Morgan fingerprint density at radius 1 is 1.07 bits per heavy atom. The zero-order valence-corrected chi connectivity index (χ0v) is 19.7. The van der Waals surface area contributed by atoms with Gasteiger partial charge in [0.2, 0.25) is 5.91 Å². The number of rotatable bonds is 10. The molecule has 0 spiro atoms. The second-order valence-corrected chi connectivity index (χ2v) is 9.96. The molecule has 0 aliphatic heterocycles. The lowest BCUT2D eigenvalue weighted by atomic mass is 10.1. The van der Waals surface area contributed by atoms with E-state index in [4.69, 9.17) is 4.74 Å². The first-order valence-corrected chi connectivity index (χ1v) is 12.5. The summed E-state index contributed by atoms with van der Waals surface area (Å²) in [5.74, 6) is 0.527. The highest BCUT2D eigenvalue weighted by Gasteiger charge is 2.28. The van der Waals surface area contributed by atoms with E-state index in [-0.39, 0.29) is 29.3 Å². The van der Waals surface area contributed by atoms with Crippen LogP contribution in [0.1, 0.15) is 27.7 Å². The van der Waals surface area contributed by atoms with Gasteiger partial charge in [-0.1, -0.05) is 13.8 Å². The Kier molecular flexibility index (Phi) is 8.61. The van der Waals surface area contributed by atoms with E-state index in [1.807, 2.05) is 34.0 Å². The molecule has 0 heterocycles. The Morgan fingerprint density at radius 2 is 1.67 bits per heavy atom. The third-order valence-electron chi connectivity index (χ3n) is 4.76. The van der Waals surface area contributed by atoms with E-state index >= 15 is 0 Å². The molecule has 0 saturated carbocycles. The molecule has 30 heavy (non-hydrogen) atoms. The zero-order chi connectivity index (χ0) is 22.3. The summed E-state index contributed by atoms with van der Waals surface area (Å²) in [6, 6.07) is 13.3. The standard InChI is InChI=1S/C22H30N2O4S2/c1-6-28-19-9-7-18(8-10-19)24(15-22(25)23-17(4)16(2)3)30(26,27)21-13-11-20(29-5)12-14-21/h7-14,16-17H,6,15H2,1-5H3,(H,23,25). The zero-order valence-electron chi connectivity index (χ0n) is 18.1. The van der Waals surface area contributed by atoms with E-state index in [9.17, 15) is 13.2 Å². The number of anilines is 1. The van der Waals surface area contributed by atoms with Crippen molar-refractivity contribution >= 4 is 33.4 Å². The minimum atomic E-state index is -3.93. The average Bonchev–Trinajstić information content (AvgIpc) is 2.72. The fourth-order valence-corrected chi connectivity index (χ4v) is 4.49. The molecule has 1 amide bonds. The van der Waals surface area contributed by atoms with E-state index in [2.05, 4.69) is 5.32 Å². The van der Waals surface area contributed by atoms with Crippen LogP contribution in [0.2, 0.25) is 0 Å². The molecule has 1 atom stereocenters. The molecule has 0 aliphatic rings. The van der Waals surface area contributed by atoms with Crippen LogP contribution in [-0.4, -0.2) is 39.8 Å². The number of amides is 1. The second kappa shape index (κ2) is 10.7. The highest BCUT2D eigenvalue weighted by molar-refractivity contribution is 7.98. The highest BCUT2D eigenvalue weighted by atomic mass is 32.2. The first-order chi connectivity index (χ1) is 14.2. The molecule has 1 unspecified atom stereocenters. The summed E-state index contributed by atoms with van der Waals surface area (Å²) in [6.07, 6.45) is 1.93. The number of nitrogens with one attached hydrogen (secondary N) is 1. The molecule has 6 nitrogen and oxygen atoms in total. The topological polar surface area (TPSA) is 75.7 Å². The molecule has 0 radical (unpaired) electrons. The quantitative estimate of drug-likeness (QED) is 0.550. The van der Waals surface area contributed by atoms with Crippen molar-refractivity contribution in [1.82, 2.24) is 5.32 Å². The van der Waals surface area contributed by atoms with E-state index in [1.165, 1.54) is 11.8 Å². The summed E-state index contributed by atoms with van der Waals surface area (Å²) in [7, 11) is -3.93. The van der Waals surface area contributed by atoms with Gasteiger partial charge < -0.3 is 10.1 Å². The third kappa shape index (κ3) is 6.15. The summed E-state index contributed by atoms with van der Waals surface area (Å²) in [5, 5.41) is 2.88. The van der Waals surface area contributed by atoms with Crippen LogP contribution in [0.3, 0.4) is 0 Å². The smallest absolute Gasteiger partial charge is 0.264 e. The fraction of sp³-hybridized carbons (Fsp3) is 0.409. The summed E-state index contributed by atoms with van der Waals surface area (Å²) < 4.78 is 33.4. The minimum Gasteiger partial charge on any atom is -0.494 e. The monoisotopic (exact) mass is 450 g/mol. The molecule has 164 valence electrons. The second-order valence-electron chi connectivity index (χ2n) is 7.21. The Morgan fingerprint density at radius 3 is 2.17 bits per heavy atom. The van der Waals surface area contributed by atoms with Gasteiger partial charge in [0.1, 0.15) is 12.3 Å². The molecule has 8 heteroatoms. The predicted molar refractivity (Wildman–Crippen MR) is 123 cm³/mol. The van der Waals surface area contributed by atoms with Crippen molar-refractivity contribution in [3.05, 3.63) is 48.5 Å². The van der Waals surface area contributed by atoms with E-state index in [1.54, 1.807) is 48.5 Å². The van der Waals surface area contributed by atoms with Crippen molar-refractivity contribution in [3.63, 3.8) is 0 Å². The number of sulfonamides is 1. The van der Waals surface area contributed by atoms with Crippen LogP contribution in [0.4, 0.5) is 5.69 Å². The number of carbonyl (C=O) groups excluding carboxylic acids is 1. The number of carbonyl (C=O) groups is 1. The number of benzene rings is 2. The first-order valence-electron chi connectivity index (χ1n) is 9.88. The van der Waals surface area contributed by atoms with Gasteiger partial charge in [0.25, 0.3) is 10.0 Å². The molecular formula is C22H30N2O4S2. The van der Waals surface area contributed by atoms with Crippen LogP contribution in [-0.2, 0) is 14.8 Å². The summed E-state index contributed by atoms with van der Waals surface area (Å²) in [5.41, 5.74) is 0.403. The van der Waals surface area contributed by atoms with Gasteiger partial charge in [-0.2, -0.15) is 0 Å². The minimum absolute atomic E-state index is 0.0664. The lowest BCUT2D eigenvalue weighted by molar-refractivity contribution is -0.120. The van der Waals surface area contributed by atoms with Gasteiger partial charge in [0.05, 0.1) is 17.2 Å². The van der Waals surface area contributed by atoms with E-state index < -0.39 is 10.0 Å². The Hall–Kier alpha value is -2.19. The Bertz CT molecular complexity index is 927. The van der Waals surface area contributed by atoms with Crippen molar-refractivity contribution < 1.29 is 17.9 Å². The molecule has 2 aromatic rings. The largest absolute Gasteiger partial charge is 0.494 e. The number of hydrogen-bond donors (Lipinski definition) is 1. The van der Waals surface area contributed by atoms with Gasteiger partial charge in [0, 0.05) is 10.9 Å². The molecule has 0 bridgehead atoms. The molecule has 2 rings (SSSR count). The summed E-state index contributed by atoms with van der Waals surface area (Å²) in [6.45, 7) is 7.98. The maximum atomic E-state index is 13.4. The SMILES string of the molecule is CCOc1ccc(N(CC(=O)NC(C)C(C)C)S(=O)(=O)c2ccc(SC)cc2)cc1. The Labute approximate surface area is 184 Å². The highest BCUT2D eigenvalue weighted by Crippen LogP contribution is 2.27. The van der Waals surface area contributed by atoms with Gasteiger partial charge >= 0.3 is 0 Å². The third-order valence-corrected chi connectivity index (χ3v) is 7.29. The number of hydrogen-bond acceptors (Lipinski definition) is 5. The number of thioether (sulfide) groups is 1. The number of nitrogens with zero attached hydrogens (tertiary/aromatic N) is 1. The van der Waals surface area contributed by atoms with Gasteiger partial charge in [-0.15, -0.1) is 11.8 Å². The normalized spacial score (nSPS) is 12.5. The van der Waals surface area contributed by atoms with Crippen LogP contribution in [0.25, 0.3) is 0 Å². The molecule has 0 fully saturated rings.